The van der Waals surface area contributed by atoms with Gasteiger partial charge in [-0.3, -0.25) is 9.78 Å². The van der Waals surface area contributed by atoms with Gasteiger partial charge in [-0.25, -0.2) is 4.39 Å². The molecular formula is C34H26ClFN4O3. The van der Waals surface area contributed by atoms with E-state index in [9.17, 15) is 14.4 Å². The van der Waals surface area contributed by atoms with Crippen molar-refractivity contribution in [3.63, 3.8) is 0 Å². The number of rotatable bonds is 10. The Morgan fingerprint density at radius 3 is 2.60 bits per heavy atom. The van der Waals surface area contributed by atoms with Crippen LogP contribution in [0.1, 0.15) is 23.6 Å². The molecule has 0 atom stereocenters. The molecule has 43 heavy (non-hydrogen) atoms. The summed E-state index contributed by atoms with van der Waals surface area (Å²) < 4.78 is 25.1. The van der Waals surface area contributed by atoms with E-state index in [1.807, 2.05) is 37.3 Å². The molecule has 0 saturated heterocycles. The first-order chi connectivity index (χ1) is 20.9. The van der Waals surface area contributed by atoms with Gasteiger partial charge in [-0.05, 0) is 60.5 Å². The molecule has 5 aromatic rings. The van der Waals surface area contributed by atoms with Crippen molar-refractivity contribution in [1.82, 2.24) is 4.98 Å². The zero-order valence-corrected chi connectivity index (χ0v) is 23.9. The average molecular weight is 593 g/mol. The Morgan fingerprint density at radius 2 is 1.86 bits per heavy atom. The molecule has 0 bridgehead atoms. The third kappa shape index (κ3) is 7.28. The van der Waals surface area contributed by atoms with Gasteiger partial charge in [0.25, 0.3) is 0 Å². The van der Waals surface area contributed by atoms with Crippen molar-refractivity contribution in [2.45, 2.75) is 13.5 Å². The highest BCUT2D eigenvalue weighted by molar-refractivity contribution is 6.32. The van der Waals surface area contributed by atoms with E-state index in [2.05, 4.69) is 21.7 Å². The number of nitriles is 1. The number of benzene rings is 4. The minimum Gasteiger partial charge on any atom is -0.492 e. The summed E-state index contributed by atoms with van der Waals surface area (Å²) in [6.07, 6.45) is 4.63. The molecule has 0 saturated carbocycles. The van der Waals surface area contributed by atoms with Gasteiger partial charge < -0.3 is 20.1 Å². The fourth-order valence-corrected chi connectivity index (χ4v) is 4.59. The van der Waals surface area contributed by atoms with E-state index in [0.29, 0.717) is 62.2 Å². The molecule has 1 aromatic heterocycles. The van der Waals surface area contributed by atoms with Gasteiger partial charge in [0.1, 0.15) is 30.0 Å². The third-order valence-electron chi connectivity index (χ3n) is 6.36. The fraction of sp³-hybridized carbons (Fsp3) is 0.0882. The summed E-state index contributed by atoms with van der Waals surface area (Å²) in [7, 11) is 0. The monoisotopic (exact) mass is 592 g/mol. The second-order valence-electron chi connectivity index (χ2n) is 9.38. The highest BCUT2D eigenvalue weighted by Crippen LogP contribution is 2.37. The molecular weight excluding hydrogens is 567 g/mol. The van der Waals surface area contributed by atoms with Gasteiger partial charge in [0.15, 0.2) is 0 Å². The number of ether oxygens (including phenoxy) is 2. The predicted octanol–water partition coefficient (Wildman–Crippen LogP) is 8.27. The van der Waals surface area contributed by atoms with Crippen molar-refractivity contribution >= 4 is 51.5 Å². The van der Waals surface area contributed by atoms with Gasteiger partial charge in [-0.1, -0.05) is 54.1 Å². The predicted molar refractivity (Wildman–Crippen MR) is 167 cm³/mol. The maximum Gasteiger partial charge on any atom is 0.248 e. The van der Waals surface area contributed by atoms with Gasteiger partial charge in [0, 0.05) is 29.4 Å². The third-order valence-corrected chi connectivity index (χ3v) is 6.65. The van der Waals surface area contributed by atoms with Crippen molar-refractivity contribution < 1.29 is 18.7 Å². The molecule has 0 aliphatic rings. The molecule has 0 aliphatic heterocycles. The molecule has 0 radical (unpaired) electrons. The van der Waals surface area contributed by atoms with Crippen LogP contribution in [0, 0.1) is 17.1 Å². The molecule has 2 N–H and O–H groups in total. The first kappa shape index (κ1) is 29.1. The van der Waals surface area contributed by atoms with Crippen LogP contribution in [0.15, 0.2) is 97.2 Å². The zero-order valence-electron chi connectivity index (χ0n) is 23.1. The van der Waals surface area contributed by atoms with E-state index in [1.54, 1.807) is 48.5 Å². The van der Waals surface area contributed by atoms with Gasteiger partial charge in [-0.2, -0.15) is 5.26 Å². The lowest BCUT2D eigenvalue weighted by Crippen LogP contribution is -2.10. The van der Waals surface area contributed by atoms with Gasteiger partial charge in [0.05, 0.1) is 34.1 Å². The summed E-state index contributed by atoms with van der Waals surface area (Å²) >= 11 is 6.51. The van der Waals surface area contributed by atoms with E-state index in [-0.39, 0.29) is 18.3 Å². The van der Waals surface area contributed by atoms with Crippen LogP contribution in [-0.4, -0.2) is 17.5 Å². The first-order valence-electron chi connectivity index (χ1n) is 13.4. The highest BCUT2D eigenvalue weighted by Gasteiger charge is 2.16. The molecule has 7 nitrogen and oxygen atoms in total. The van der Waals surface area contributed by atoms with Crippen molar-refractivity contribution in [3.8, 4) is 17.6 Å². The highest BCUT2D eigenvalue weighted by atomic mass is 35.5. The van der Waals surface area contributed by atoms with Crippen LogP contribution >= 0.6 is 11.6 Å². The van der Waals surface area contributed by atoms with Gasteiger partial charge in [0.2, 0.25) is 5.91 Å². The van der Waals surface area contributed by atoms with E-state index >= 15 is 0 Å². The van der Waals surface area contributed by atoms with E-state index in [0.717, 1.165) is 5.56 Å². The number of halogens is 2. The molecule has 4 aromatic carbocycles. The molecule has 1 amide bonds. The Morgan fingerprint density at radius 1 is 1.02 bits per heavy atom. The number of fused-ring (bicyclic) bond motifs is 1. The van der Waals surface area contributed by atoms with Crippen LogP contribution in [0.3, 0.4) is 0 Å². The minimum atomic E-state index is -0.344. The van der Waals surface area contributed by atoms with Crippen molar-refractivity contribution in [2.24, 2.45) is 0 Å². The second kappa shape index (κ2) is 13.5. The maximum atomic E-state index is 13.5. The Hall–Kier alpha value is -5.39. The smallest absolute Gasteiger partial charge is 0.248 e. The first-order valence-corrected chi connectivity index (χ1v) is 13.8. The molecule has 0 aliphatic carbocycles. The normalized spacial score (nSPS) is 10.8. The number of aromatic nitrogens is 1. The number of pyridine rings is 1. The number of carbonyl (C=O) groups excluding carboxylic acids is 1. The summed E-state index contributed by atoms with van der Waals surface area (Å²) in [6.45, 7) is 2.37. The number of amides is 1. The lowest BCUT2D eigenvalue weighted by Gasteiger charge is -2.16. The lowest BCUT2D eigenvalue weighted by atomic mass is 10.1. The number of hydrogen-bond donors (Lipinski definition) is 2. The summed E-state index contributed by atoms with van der Waals surface area (Å²) in [5, 5.41) is 17.0. The molecule has 0 fully saturated rings. The van der Waals surface area contributed by atoms with Crippen LogP contribution in [0.25, 0.3) is 17.0 Å². The summed E-state index contributed by atoms with van der Waals surface area (Å²) in [5.74, 6) is 0.182. The number of hydrogen-bond acceptors (Lipinski definition) is 6. The van der Waals surface area contributed by atoms with E-state index < -0.39 is 0 Å². The van der Waals surface area contributed by atoms with Crippen LogP contribution in [0.2, 0.25) is 5.02 Å². The Labute approximate surface area is 253 Å². The Bertz CT molecular complexity index is 1860. The van der Waals surface area contributed by atoms with Crippen LogP contribution < -0.4 is 20.1 Å². The van der Waals surface area contributed by atoms with Crippen molar-refractivity contribution in [1.29, 1.82) is 5.26 Å². The van der Waals surface area contributed by atoms with Crippen LogP contribution in [-0.2, 0) is 11.4 Å². The largest absolute Gasteiger partial charge is 0.492 e. The topological polar surface area (TPSA) is 96.3 Å². The number of nitrogens with zero attached hydrogens (tertiary/aromatic N) is 2. The zero-order chi connectivity index (χ0) is 30.2. The average Bonchev–Trinajstić information content (AvgIpc) is 3.01. The summed E-state index contributed by atoms with van der Waals surface area (Å²) in [4.78, 5) is 17.3. The number of anilines is 3. The molecule has 0 unspecified atom stereocenters. The molecule has 214 valence electrons. The van der Waals surface area contributed by atoms with Crippen LogP contribution in [0.4, 0.5) is 21.5 Å². The van der Waals surface area contributed by atoms with E-state index in [4.69, 9.17) is 21.1 Å². The van der Waals surface area contributed by atoms with Crippen LogP contribution in [0.5, 0.6) is 11.5 Å². The lowest BCUT2D eigenvalue weighted by molar-refractivity contribution is -0.111. The summed E-state index contributed by atoms with van der Waals surface area (Å²) in [5.41, 5.74) is 3.91. The number of nitrogens with one attached hydrogen (secondary N) is 2. The molecule has 9 heteroatoms. The van der Waals surface area contributed by atoms with E-state index in [1.165, 1.54) is 24.4 Å². The Balaban J connectivity index is 1.43. The second-order valence-corrected chi connectivity index (χ2v) is 9.79. The van der Waals surface area contributed by atoms with Crippen molar-refractivity contribution in [3.05, 3.63) is 125 Å². The fourth-order valence-electron chi connectivity index (χ4n) is 4.35. The summed E-state index contributed by atoms with van der Waals surface area (Å²) in [6, 6.07) is 26.4. The quantitative estimate of drug-likeness (QED) is 0.158. The standard InChI is InChI=1S/C34H26ClFN4O3/c1-2-42-32-18-29-27(17-30(32)40-33(41)14-11-22-7-4-3-5-8-22)34(24(19-37)20-38-29)39-26-12-13-31(28(35)16-26)43-21-23-9-6-10-25(36)15-23/h3-18,20H,2,21H2,1H3,(H,38,39)(H,40,41)/b14-11+. The van der Waals surface area contributed by atoms with Gasteiger partial charge >= 0.3 is 0 Å². The number of carbonyl (C=O) groups is 1. The molecule has 1 heterocycles. The van der Waals surface area contributed by atoms with Crippen molar-refractivity contribution in [2.75, 3.05) is 17.2 Å². The maximum absolute atomic E-state index is 13.5. The minimum absolute atomic E-state index is 0.148. The molecule has 0 spiro atoms. The SMILES string of the molecule is CCOc1cc2ncc(C#N)c(Nc3ccc(OCc4cccc(F)c4)c(Cl)c3)c2cc1NC(=O)/C=C/c1ccccc1. The Kier molecular flexibility index (Phi) is 9.15. The molecule has 5 rings (SSSR count). The van der Waals surface area contributed by atoms with Gasteiger partial charge in [-0.15, -0.1) is 0 Å².